The number of carbonyl (C=O) groups is 1. The van der Waals surface area contributed by atoms with Crippen LogP contribution in [0.4, 0.5) is 0 Å². The van der Waals surface area contributed by atoms with Gasteiger partial charge >= 0.3 is 0 Å². The molecule has 4 nitrogen and oxygen atoms in total. The maximum atomic E-state index is 12.1. The molecule has 0 saturated heterocycles. The van der Waals surface area contributed by atoms with Gasteiger partial charge in [-0.15, -0.1) is 0 Å². The minimum atomic E-state index is -0.161. The van der Waals surface area contributed by atoms with E-state index in [9.17, 15) is 4.79 Å². The zero-order valence-corrected chi connectivity index (χ0v) is 10.9. The summed E-state index contributed by atoms with van der Waals surface area (Å²) in [7, 11) is 0. The Balaban J connectivity index is 2.06. The average Bonchev–Trinajstić information content (AvgIpc) is 3.09. The molecule has 0 radical (unpaired) electrons. The van der Waals surface area contributed by atoms with Crippen LogP contribution in [0, 0.1) is 0 Å². The summed E-state index contributed by atoms with van der Waals surface area (Å²) < 4.78 is 5.57. The van der Waals surface area contributed by atoms with Crippen LogP contribution in [0.3, 0.4) is 0 Å². The van der Waals surface area contributed by atoms with Crippen LogP contribution in [-0.2, 0) is 0 Å². The van der Waals surface area contributed by atoms with Crippen molar-refractivity contribution in [2.24, 2.45) is 5.73 Å². The van der Waals surface area contributed by atoms with Crippen molar-refractivity contribution in [2.45, 2.75) is 38.3 Å². The quantitative estimate of drug-likeness (QED) is 0.833. The monoisotopic (exact) mass is 248 g/mol. The second-order valence-electron chi connectivity index (χ2n) is 5.13. The van der Waals surface area contributed by atoms with Gasteiger partial charge in [0.15, 0.2) is 0 Å². The Morgan fingerprint density at radius 2 is 2.22 bits per heavy atom. The third-order valence-corrected chi connectivity index (χ3v) is 3.09. The summed E-state index contributed by atoms with van der Waals surface area (Å²) in [6.07, 6.45) is 2.04. The molecule has 1 aromatic rings. The largest absolute Gasteiger partial charge is 0.491 e. The molecule has 0 spiro atoms. The molecule has 0 unspecified atom stereocenters. The standard InChI is InChI=1S/C14H20N2O2/c1-10(2)18-12-5-3-4-11(8-12)13(17)16-14(9-15)6-7-14/h3-5,8,10H,6-7,9,15H2,1-2H3,(H,16,17). The minimum absolute atomic E-state index is 0.0767. The normalized spacial score (nSPS) is 16.4. The average molecular weight is 248 g/mol. The van der Waals surface area contributed by atoms with Gasteiger partial charge in [-0.3, -0.25) is 4.79 Å². The van der Waals surface area contributed by atoms with Crippen molar-refractivity contribution in [2.75, 3.05) is 6.54 Å². The molecule has 18 heavy (non-hydrogen) atoms. The first-order valence-electron chi connectivity index (χ1n) is 6.34. The van der Waals surface area contributed by atoms with Crippen molar-refractivity contribution in [3.63, 3.8) is 0 Å². The van der Waals surface area contributed by atoms with Gasteiger partial charge in [-0.05, 0) is 44.9 Å². The van der Waals surface area contributed by atoms with Crippen LogP contribution in [0.5, 0.6) is 5.75 Å². The highest BCUT2D eigenvalue weighted by Crippen LogP contribution is 2.34. The van der Waals surface area contributed by atoms with Crippen molar-refractivity contribution < 1.29 is 9.53 Å². The molecule has 1 fully saturated rings. The molecule has 0 aliphatic heterocycles. The smallest absolute Gasteiger partial charge is 0.251 e. The molecule has 0 bridgehead atoms. The van der Waals surface area contributed by atoms with E-state index in [2.05, 4.69) is 5.32 Å². The first kappa shape index (κ1) is 12.9. The summed E-state index contributed by atoms with van der Waals surface area (Å²) in [5.41, 5.74) is 6.11. The van der Waals surface area contributed by atoms with Gasteiger partial charge in [0, 0.05) is 12.1 Å². The van der Waals surface area contributed by atoms with Gasteiger partial charge in [0.1, 0.15) is 5.75 Å². The van der Waals surface area contributed by atoms with Gasteiger partial charge in [0.2, 0.25) is 0 Å². The summed E-state index contributed by atoms with van der Waals surface area (Å²) in [5.74, 6) is 0.641. The highest BCUT2D eigenvalue weighted by Gasteiger charge is 2.42. The second-order valence-corrected chi connectivity index (χ2v) is 5.13. The van der Waals surface area contributed by atoms with Crippen LogP contribution in [0.15, 0.2) is 24.3 Å². The Hall–Kier alpha value is -1.55. The Kier molecular flexibility index (Phi) is 3.57. The highest BCUT2D eigenvalue weighted by atomic mass is 16.5. The lowest BCUT2D eigenvalue weighted by atomic mass is 10.1. The first-order chi connectivity index (χ1) is 8.54. The first-order valence-corrected chi connectivity index (χ1v) is 6.34. The van der Waals surface area contributed by atoms with Gasteiger partial charge in [-0.1, -0.05) is 6.07 Å². The summed E-state index contributed by atoms with van der Waals surface area (Å²) in [5, 5.41) is 2.99. The van der Waals surface area contributed by atoms with Crippen LogP contribution < -0.4 is 15.8 Å². The molecular formula is C14H20N2O2. The van der Waals surface area contributed by atoms with Gasteiger partial charge in [0.25, 0.3) is 5.91 Å². The molecule has 1 aliphatic carbocycles. The molecule has 1 saturated carbocycles. The molecule has 1 aromatic carbocycles. The van der Waals surface area contributed by atoms with E-state index >= 15 is 0 Å². The lowest BCUT2D eigenvalue weighted by Gasteiger charge is -2.15. The van der Waals surface area contributed by atoms with Gasteiger partial charge < -0.3 is 15.8 Å². The van der Waals surface area contributed by atoms with E-state index in [1.165, 1.54) is 0 Å². The maximum absolute atomic E-state index is 12.1. The SMILES string of the molecule is CC(C)Oc1cccc(C(=O)NC2(CN)CC2)c1. The van der Waals surface area contributed by atoms with E-state index in [0.717, 1.165) is 18.6 Å². The Labute approximate surface area is 108 Å². The van der Waals surface area contributed by atoms with Crippen molar-refractivity contribution in [1.29, 1.82) is 0 Å². The second kappa shape index (κ2) is 4.98. The van der Waals surface area contributed by atoms with E-state index in [4.69, 9.17) is 10.5 Å². The molecule has 0 heterocycles. The molecule has 98 valence electrons. The fourth-order valence-corrected chi connectivity index (χ4v) is 1.83. The van der Waals surface area contributed by atoms with Crippen molar-refractivity contribution >= 4 is 5.91 Å². The summed E-state index contributed by atoms with van der Waals surface area (Å²) in [6.45, 7) is 4.42. The van der Waals surface area contributed by atoms with Gasteiger partial charge in [-0.25, -0.2) is 0 Å². The number of ether oxygens (including phenoxy) is 1. The molecule has 3 N–H and O–H groups in total. The molecular weight excluding hydrogens is 228 g/mol. The third kappa shape index (κ3) is 3.01. The third-order valence-electron chi connectivity index (χ3n) is 3.09. The molecule has 0 atom stereocenters. The van der Waals surface area contributed by atoms with E-state index < -0.39 is 0 Å². The highest BCUT2D eigenvalue weighted by molar-refractivity contribution is 5.95. The maximum Gasteiger partial charge on any atom is 0.251 e. The number of nitrogens with one attached hydrogen (secondary N) is 1. The minimum Gasteiger partial charge on any atom is -0.491 e. The van der Waals surface area contributed by atoms with Crippen LogP contribution >= 0.6 is 0 Å². The number of hydrogen-bond donors (Lipinski definition) is 2. The van der Waals surface area contributed by atoms with Crippen LogP contribution in [0.1, 0.15) is 37.0 Å². The lowest BCUT2D eigenvalue weighted by Crippen LogP contribution is -2.42. The number of benzene rings is 1. The number of rotatable bonds is 5. The molecule has 1 amide bonds. The molecule has 2 rings (SSSR count). The van der Waals surface area contributed by atoms with E-state index in [-0.39, 0.29) is 17.6 Å². The van der Waals surface area contributed by atoms with E-state index in [1.54, 1.807) is 12.1 Å². The van der Waals surface area contributed by atoms with Gasteiger partial charge in [-0.2, -0.15) is 0 Å². The Bertz CT molecular complexity index is 439. The summed E-state index contributed by atoms with van der Waals surface area (Å²) in [4.78, 5) is 12.1. The zero-order valence-electron chi connectivity index (χ0n) is 10.9. The summed E-state index contributed by atoms with van der Waals surface area (Å²) in [6, 6.07) is 7.23. The Morgan fingerprint density at radius 1 is 1.50 bits per heavy atom. The number of carbonyl (C=O) groups excluding carboxylic acids is 1. The fourth-order valence-electron chi connectivity index (χ4n) is 1.83. The predicted molar refractivity (Wildman–Crippen MR) is 70.7 cm³/mol. The topological polar surface area (TPSA) is 64.3 Å². The Morgan fingerprint density at radius 3 is 2.78 bits per heavy atom. The predicted octanol–water partition coefficient (Wildman–Crippen LogP) is 1.69. The fraction of sp³-hybridized carbons (Fsp3) is 0.500. The molecule has 1 aliphatic rings. The molecule has 0 aromatic heterocycles. The molecule has 4 heteroatoms. The number of hydrogen-bond acceptors (Lipinski definition) is 3. The number of nitrogens with two attached hydrogens (primary N) is 1. The number of amides is 1. The van der Waals surface area contributed by atoms with E-state index in [0.29, 0.717) is 12.1 Å². The van der Waals surface area contributed by atoms with Crippen molar-refractivity contribution in [3.05, 3.63) is 29.8 Å². The van der Waals surface area contributed by atoms with Crippen LogP contribution in [0.2, 0.25) is 0 Å². The summed E-state index contributed by atoms with van der Waals surface area (Å²) >= 11 is 0. The van der Waals surface area contributed by atoms with Gasteiger partial charge in [0.05, 0.1) is 11.6 Å². The zero-order chi connectivity index (χ0) is 13.2. The van der Waals surface area contributed by atoms with Crippen molar-refractivity contribution in [1.82, 2.24) is 5.32 Å². The lowest BCUT2D eigenvalue weighted by molar-refractivity contribution is 0.0932. The van der Waals surface area contributed by atoms with Crippen molar-refractivity contribution in [3.8, 4) is 5.75 Å². The van der Waals surface area contributed by atoms with E-state index in [1.807, 2.05) is 26.0 Å². The van der Waals surface area contributed by atoms with Crippen LogP contribution in [-0.4, -0.2) is 24.1 Å². The van der Waals surface area contributed by atoms with Crippen LogP contribution in [0.25, 0.3) is 0 Å².